The molecule has 2 saturated heterocycles. The smallest absolute Gasteiger partial charge is 0.417 e. The molecule has 3 heterocycles. The number of halogens is 5. The van der Waals surface area contributed by atoms with Gasteiger partial charge in [0, 0.05) is 56.0 Å². The van der Waals surface area contributed by atoms with Gasteiger partial charge < -0.3 is 25.3 Å². The zero-order valence-corrected chi connectivity index (χ0v) is 22.6. The first-order valence-corrected chi connectivity index (χ1v) is 12.9. The third kappa shape index (κ3) is 6.14. The first kappa shape index (κ1) is 30.6. The van der Waals surface area contributed by atoms with Crippen LogP contribution in [0, 0.1) is 17.6 Å². The first-order chi connectivity index (χ1) is 19.3. The molecule has 3 N–H and O–H groups in total. The molecular formula is C27H31F5N4O5. The normalized spacial score (nSPS) is 26.7. The number of methoxy groups -OCH3 is 1. The maximum Gasteiger partial charge on any atom is 0.417 e. The van der Waals surface area contributed by atoms with E-state index in [0.29, 0.717) is 19.6 Å². The Morgan fingerprint density at radius 1 is 1.27 bits per heavy atom. The van der Waals surface area contributed by atoms with E-state index in [0.717, 1.165) is 31.5 Å². The Balaban J connectivity index is 1.66. The molecule has 4 rings (SSSR count). The second-order valence-electron chi connectivity index (χ2n) is 10.3. The summed E-state index contributed by atoms with van der Waals surface area (Å²) in [7, 11) is 1.59. The summed E-state index contributed by atoms with van der Waals surface area (Å²) >= 11 is 0. The fraction of sp³-hybridized carbons (Fsp3) is 0.519. The van der Waals surface area contributed by atoms with Crippen LogP contribution in [0.2, 0.25) is 0 Å². The van der Waals surface area contributed by atoms with Crippen molar-refractivity contribution in [3.63, 3.8) is 0 Å². The topological polar surface area (TPSA) is 116 Å². The van der Waals surface area contributed by atoms with E-state index in [1.165, 1.54) is 19.2 Å². The number of rotatable bonds is 9. The average molecular weight is 587 g/mol. The number of hydrogen-bond donors (Lipinski definition) is 2. The Bertz CT molecular complexity index is 1300. The number of nitrogens with one attached hydrogen (secondary N) is 1. The van der Waals surface area contributed by atoms with Crippen molar-refractivity contribution < 1.29 is 45.8 Å². The second-order valence-corrected chi connectivity index (χ2v) is 10.3. The molecular weight excluding hydrogens is 555 g/mol. The van der Waals surface area contributed by atoms with E-state index in [1.54, 1.807) is 7.11 Å². The number of primary amides is 1. The van der Waals surface area contributed by atoms with Gasteiger partial charge in [-0.05, 0) is 31.5 Å². The Labute approximate surface area is 233 Å². The van der Waals surface area contributed by atoms with Gasteiger partial charge in [-0.3, -0.25) is 19.5 Å². The molecule has 2 fully saturated rings. The number of amides is 2. The molecule has 9 nitrogen and oxygen atoms in total. The van der Waals surface area contributed by atoms with Crippen LogP contribution in [-0.4, -0.2) is 79.0 Å². The fourth-order valence-corrected chi connectivity index (χ4v) is 5.31. The van der Waals surface area contributed by atoms with Crippen molar-refractivity contribution in [2.24, 2.45) is 11.7 Å². The van der Waals surface area contributed by atoms with Gasteiger partial charge in [0.25, 0.3) is 11.8 Å². The number of hydrogen-bond acceptors (Lipinski definition) is 7. The minimum Gasteiger partial charge on any atom is -0.489 e. The molecule has 2 aromatic rings. The van der Waals surface area contributed by atoms with Gasteiger partial charge >= 0.3 is 6.18 Å². The predicted molar refractivity (Wildman–Crippen MR) is 136 cm³/mol. The molecule has 0 aliphatic carbocycles. The molecule has 2 aliphatic heterocycles. The maximum absolute atomic E-state index is 15.1. The largest absolute Gasteiger partial charge is 0.489 e. The Hall–Kier alpha value is -3.36. The molecule has 41 heavy (non-hydrogen) atoms. The molecule has 2 aliphatic rings. The summed E-state index contributed by atoms with van der Waals surface area (Å²) in [5.74, 6) is -7.94. The first-order valence-electron chi connectivity index (χ1n) is 12.9. The van der Waals surface area contributed by atoms with Gasteiger partial charge in [-0.15, -0.1) is 0 Å². The van der Waals surface area contributed by atoms with E-state index in [-0.39, 0.29) is 29.7 Å². The van der Waals surface area contributed by atoms with E-state index in [4.69, 9.17) is 19.9 Å². The molecule has 0 spiro atoms. The lowest BCUT2D eigenvalue weighted by Gasteiger charge is -2.32. The summed E-state index contributed by atoms with van der Waals surface area (Å²) in [6, 6.07) is 4.33. The highest BCUT2D eigenvalue weighted by Crippen LogP contribution is 2.55. The van der Waals surface area contributed by atoms with Gasteiger partial charge in [0.05, 0.1) is 6.10 Å². The van der Waals surface area contributed by atoms with Crippen LogP contribution in [0.3, 0.4) is 0 Å². The van der Waals surface area contributed by atoms with Crippen molar-refractivity contribution >= 4 is 17.5 Å². The lowest BCUT2D eigenvalue weighted by Crippen LogP contribution is -2.47. The highest BCUT2D eigenvalue weighted by Gasteiger charge is 2.66. The van der Waals surface area contributed by atoms with Crippen LogP contribution in [0.15, 0.2) is 30.5 Å². The monoisotopic (exact) mass is 586 g/mol. The zero-order valence-electron chi connectivity index (χ0n) is 22.6. The lowest BCUT2D eigenvalue weighted by molar-refractivity contribution is -0.272. The Kier molecular flexibility index (Phi) is 8.85. The summed E-state index contributed by atoms with van der Waals surface area (Å²) in [6.45, 7) is 3.59. The van der Waals surface area contributed by atoms with Crippen LogP contribution in [0.5, 0.6) is 5.75 Å². The number of alkyl halides is 3. The number of nitrogens with two attached hydrogens (primary N) is 1. The van der Waals surface area contributed by atoms with Gasteiger partial charge in [-0.25, -0.2) is 4.39 Å². The molecule has 1 aromatic carbocycles. The van der Waals surface area contributed by atoms with Gasteiger partial charge in [-0.1, -0.05) is 13.0 Å². The van der Waals surface area contributed by atoms with Crippen molar-refractivity contribution in [1.29, 1.82) is 0 Å². The maximum atomic E-state index is 15.1. The number of ether oxygens (including phenoxy) is 3. The number of nitrogens with zero attached hydrogens (tertiary/aromatic N) is 2. The quantitative estimate of drug-likeness (QED) is 0.431. The summed E-state index contributed by atoms with van der Waals surface area (Å²) in [6.07, 6.45) is -4.70. The minimum atomic E-state index is -4.91. The Morgan fingerprint density at radius 2 is 2.00 bits per heavy atom. The number of carbonyl (C=O) groups is 2. The van der Waals surface area contributed by atoms with E-state index in [2.05, 4.69) is 10.3 Å². The molecule has 0 unspecified atom stereocenters. The predicted octanol–water partition coefficient (Wildman–Crippen LogP) is 3.64. The molecule has 5 atom stereocenters. The summed E-state index contributed by atoms with van der Waals surface area (Å²) in [5.41, 5.74) is 2.09. The van der Waals surface area contributed by atoms with Gasteiger partial charge in [0.2, 0.25) is 5.82 Å². The van der Waals surface area contributed by atoms with Crippen LogP contribution >= 0.6 is 0 Å². The fourth-order valence-electron chi connectivity index (χ4n) is 5.31. The lowest BCUT2D eigenvalue weighted by atomic mass is 9.77. The van der Waals surface area contributed by atoms with Crippen molar-refractivity contribution in [2.45, 2.75) is 50.2 Å². The number of likely N-dealkylation sites (tertiary alicyclic amines) is 1. The minimum absolute atomic E-state index is 0.0242. The molecule has 1 aromatic heterocycles. The van der Waals surface area contributed by atoms with Crippen molar-refractivity contribution in [3.8, 4) is 5.75 Å². The number of aromatic nitrogens is 1. The van der Waals surface area contributed by atoms with Crippen LogP contribution in [0.1, 0.15) is 42.2 Å². The number of carbonyl (C=O) groups excluding carboxylic acids is 2. The highest BCUT2D eigenvalue weighted by atomic mass is 19.4. The molecule has 0 saturated carbocycles. The number of anilines is 1. The number of benzene rings is 1. The highest BCUT2D eigenvalue weighted by molar-refractivity contribution is 5.97. The standard InChI is InChI=1S/C27H31F5N4O5/c1-14-20(17-4-5-18(28)21(29)22(17)40-11-10-36-9-7-16(13-36)39-3)23(41-26(14,2)27(30,31)32)25(38)35-15-6-8-34-19(12-15)24(33)37/h4-6,8,12,14,16,20,23H,7,9-11,13H2,1-3H3,(H2,33,37)(H,34,35,38)/t14-,16-,20-,23+,26+/m0/s1. The van der Waals surface area contributed by atoms with Crippen LogP contribution in [-0.2, 0) is 14.3 Å². The van der Waals surface area contributed by atoms with Crippen LogP contribution in [0.25, 0.3) is 0 Å². The Morgan fingerprint density at radius 3 is 2.63 bits per heavy atom. The van der Waals surface area contributed by atoms with Gasteiger partial charge in [0.15, 0.2) is 17.2 Å². The van der Waals surface area contributed by atoms with Crippen LogP contribution in [0.4, 0.5) is 27.6 Å². The molecule has 0 radical (unpaired) electrons. The third-order valence-corrected chi connectivity index (χ3v) is 7.86. The van der Waals surface area contributed by atoms with Crippen LogP contribution < -0.4 is 15.8 Å². The van der Waals surface area contributed by atoms with Crippen molar-refractivity contribution in [2.75, 3.05) is 38.7 Å². The third-order valence-electron chi connectivity index (χ3n) is 7.86. The second kappa shape index (κ2) is 11.9. The average Bonchev–Trinajstić information content (AvgIpc) is 3.49. The molecule has 2 amide bonds. The molecule has 224 valence electrons. The van der Waals surface area contributed by atoms with Gasteiger partial charge in [-0.2, -0.15) is 17.6 Å². The summed E-state index contributed by atoms with van der Waals surface area (Å²) < 4.78 is 88.7. The number of pyridine rings is 1. The van der Waals surface area contributed by atoms with E-state index in [9.17, 15) is 27.2 Å². The van der Waals surface area contributed by atoms with E-state index >= 15 is 4.39 Å². The molecule has 0 bridgehead atoms. The van der Waals surface area contributed by atoms with E-state index in [1.807, 2.05) is 4.90 Å². The van der Waals surface area contributed by atoms with Crippen molar-refractivity contribution in [3.05, 3.63) is 53.4 Å². The molecule has 14 heteroatoms. The summed E-state index contributed by atoms with van der Waals surface area (Å²) in [5, 5.41) is 2.42. The van der Waals surface area contributed by atoms with Crippen molar-refractivity contribution in [1.82, 2.24) is 9.88 Å². The zero-order chi connectivity index (χ0) is 30.1. The van der Waals surface area contributed by atoms with Gasteiger partial charge in [0.1, 0.15) is 18.4 Å². The SMILES string of the molecule is CO[C@H]1CCN(CCOc2c([C@H]3[C@H](C(=O)Nc4ccnc(C(N)=O)c4)O[C@@](C)(C(F)(F)F)[C@H]3C)ccc(F)c2F)C1. The summed E-state index contributed by atoms with van der Waals surface area (Å²) in [4.78, 5) is 30.6. The van der Waals surface area contributed by atoms with E-state index < -0.39 is 58.9 Å².